The summed E-state index contributed by atoms with van der Waals surface area (Å²) in [6.45, 7) is 2.71. The first-order valence-corrected chi connectivity index (χ1v) is 7.62. The van der Waals surface area contributed by atoms with E-state index in [-0.39, 0.29) is 12.1 Å². The van der Waals surface area contributed by atoms with Crippen LogP contribution in [0.15, 0.2) is 0 Å². The SMILES string of the molecule is CCCN(c1nc(C(F)(F)F)ns1)C1CCC(N)CC1. The Hall–Kier alpha value is -0.890. The van der Waals surface area contributed by atoms with Crippen molar-refractivity contribution in [2.45, 2.75) is 57.3 Å². The molecule has 0 radical (unpaired) electrons. The molecule has 1 heterocycles. The summed E-state index contributed by atoms with van der Waals surface area (Å²) in [6.07, 6.45) is 0.0286. The zero-order valence-corrected chi connectivity index (χ0v) is 12.2. The zero-order valence-electron chi connectivity index (χ0n) is 11.4. The van der Waals surface area contributed by atoms with Gasteiger partial charge in [0.25, 0.3) is 0 Å². The normalized spacial score (nSPS) is 23.9. The molecule has 1 aliphatic rings. The first kappa shape index (κ1) is 15.5. The van der Waals surface area contributed by atoms with Gasteiger partial charge in [0.2, 0.25) is 11.0 Å². The van der Waals surface area contributed by atoms with E-state index in [0.717, 1.165) is 43.6 Å². The molecule has 2 N–H and O–H groups in total. The van der Waals surface area contributed by atoms with Crippen molar-refractivity contribution in [3.8, 4) is 0 Å². The molecular formula is C12H19F3N4S. The maximum Gasteiger partial charge on any atom is 0.452 e. The zero-order chi connectivity index (χ0) is 14.8. The molecule has 1 fully saturated rings. The van der Waals surface area contributed by atoms with Crippen LogP contribution in [-0.4, -0.2) is 28.0 Å². The van der Waals surface area contributed by atoms with Gasteiger partial charge in [-0.3, -0.25) is 0 Å². The summed E-state index contributed by atoms with van der Waals surface area (Å²) in [5, 5.41) is 0.375. The molecule has 0 atom stereocenters. The van der Waals surface area contributed by atoms with Crippen LogP contribution in [0.1, 0.15) is 44.9 Å². The molecule has 114 valence electrons. The van der Waals surface area contributed by atoms with Crippen LogP contribution in [0.5, 0.6) is 0 Å². The van der Waals surface area contributed by atoms with Crippen molar-refractivity contribution in [2.75, 3.05) is 11.4 Å². The lowest BCUT2D eigenvalue weighted by Crippen LogP contribution is -2.41. The molecule has 0 aromatic carbocycles. The standard InChI is InChI=1S/C12H19F3N4S/c1-2-7-19(9-5-3-8(16)4-6-9)11-17-10(18-20-11)12(13,14)15/h8-9H,2-7,16H2,1H3. The number of rotatable bonds is 4. The summed E-state index contributed by atoms with van der Waals surface area (Å²) < 4.78 is 41.2. The van der Waals surface area contributed by atoms with Gasteiger partial charge in [-0.2, -0.15) is 22.5 Å². The predicted molar refractivity (Wildman–Crippen MR) is 72.8 cm³/mol. The van der Waals surface area contributed by atoms with E-state index in [4.69, 9.17) is 5.73 Å². The van der Waals surface area contributed by atoms with Crippen molar-refractivity contribution in [1.82, 2.24) is 9.36 Å². The third-order valence-corrected chi connectivity index (χ3v) is 4.31. The van der Waals surface area contributed by atoms with Crippen LogP contribution in [0.4, 0.5) is 18.3 Å². The largest absolute Gasteiger partial charge is 0.452 e. The number of nitrogens with two attached hydrogens (primary N) is 1. The Morgan fingerprint density at radius 1 is 1.30 bits per heavy atom. The number of halogens is 3. The Balaban J connectivity index is 2.14. The maximum atomic E-state index is 12.6. The van der Waals surface area contributed by atoms with Crippen LogP contribution in [-0.2, 0) is 6.18 Å². The summed E-state index contributed by atoms with van der Waals surface area (Å²) in [7, 11) is 0. The van der Waals surface area contributed by atoms with Gasteiger partial charge in [-0.15, -0.1) is 0 Å². The average molecular weight is 308 g/mol. The quantitative estimate of drug-likeness (QED) is 0.929. The molecule has 8 heteroatoms. The monoisotopic (exact) mass is 308 g/mol. The molecule has 0 bridgehead atoms. The number of aromatic nitrogens is 2. The Morgan fingerprint density at radius 3 is 2.45 bits per heavy atom. The van der Waals surface area contributed by atoms with Gasteiger partial charge in [-0.05, 0) is 32.1 Å². The smallest absolute Gasteiger partial charge is 0.344 e. The van der Waals surface area contributed by atoms with E-state index >= 15 is 0 Å². The summed E-state index contributed by atoms with van der Waals surface area (Å²) in [6, 6.07) is 0.443. The second-order valence-electron chi connectivity index (χ2n) is 5.16. The van der Waals surface area contributed by atoms with E-state index in [9.17, 15) is 13.2 Å². The molecule has 0 amide bonds. The van der Waals surface area contributed by atoms with Gasteiger partial charge in [0, 0.05) is 30.2 Å². The topological polar surface area (TPSA) is 55.0 Å². The number of anilines is 1. The van der Waals surface area contributed by atoms with Crippen LogP contribution >= 0.6 is 11.5 Å². The fourth-order valence-electron chi connectivity index (χ4n) is 2.54. The Bertz CT molecular complexity index is 427. The van der Waals surface area contributed by atoms with Gasteiger partial charge in [0.05, 0.1) is 0 Å². The fourth-order valence-corrected chi connectivity index (χ4v) is 3.32. The Kier molecular flexibility index (Phi) is 4.85. The third kappa shape index (κ3) is 3.60. The van der Waals surface area contributed by atoms with Crippen molar-refractivity contribution in [1.29, 1.82) is 0 Å². The van der Waals surface area contributed by atoms with Crippen LogP contribution in [0.3, 0.4) is 0 Å². The van der Waals surface area contributed by atoms with Crippen molar-refractivity contribution < 1.29 is 13.2 Å². The minimum atomic E-state index is -4.47. The van der Waals surface area contributed by atoms with Gasteiger partial charge in [0.1, 0.15) is 0 Å². The highest BCUT2D eigenvalue weighted by Crippen LogP contribution is 2.33. The highest BCUT2D eigenvalue weighted by Gasteiger charge is 2.37. The molecular weight excluding hydrogens is 289 g/mol. The van der Waals surface area contributed by atoms with Gasteiger partial charge < -0.3 is 10.6 Å². The first-order valence-electron chi connectivity index (χ1n) is 6.85. The van der Waals surface area contributed by atoms with E-state index in [2.05, 4.69) is 9.36 Å². The van der Waals surface area contributed by atoms with E-state index in [1.54, 1.807) is 0 Å². The summed E-state index contributed by atoms with van der Waals surface area (Å²) >= 11 is 0.832. The molecule has 0 spiro atoms. The molecule has 20 heavy (non-hydrogen) atoms. The number of nitrogens with zero attached hydrogens (tertiary/aromatic N) is 3. The lowest BCUT2D eigenvalue weighted by atomic mass is 9.91. The molecule has 1 aliphatic carbocycles. The molecule has 0 aliphatic heterocycles. The maximum absolute atomic E-state index is 12.6. The van der Waals surface area contributed by atoms with Crippen LogP contribution < -0.4 is 10.6 Å². The van der Waals surface area contributed by atoms with E-state index < -0.39 is 12.0 Å². The molecule has 1 aromatic heterocycles. The minimum Gasteiger partial charge on any atom is -0.344 e. The Labute approximate surface area is 120 Å². The minimum absolute atomic E-state index is 0.217. The molecule has 1 saturated carbocycles. The summed E-state index contributed by atoms with van der Waals surface area (Å²) in [4.78, 5) is 5.64. The molecule has 4 nitrogen and oxygen atoms in total. The predicted octanol–water partition coefficient (Wildman–Crippen LogP) is 3.04. The lowest BCUT2D eigenvalue weighted by molar-refractivity contribution is -0.144. The highest BCUT2D eigenvalue weighted by atomic mass is 32.1. The van der Waals surface area contributed by atoms with E-state index in [1.165, 1.54) is 0 Å². The van der Waals surface area contributed by atoms with Crippen molar-refractivity contribution >= 4 is 16.7 Å². The lowest BCUT2D eigenvalue weighted by Gasteiger charge is -2.35. The second-order valence-corrected chi connectivity index (χ2v) is 5.89. The molecule has 0 unspecified atom stereocenters. The van der Waals surface area contributed by atoms with Crippen molar-refractivity contribution in [2.24, 2.45) is 5.73 Å². The molecule has 1 aromatic rings. The average Bonchev–Trinajstić information content (AvgIpc) is 2.86. The third-order valence-electron chi connectivity index (χ3n) is 3.56. The number of alkyl halides is 3. The molecule has 0 saturated heterocycles. The van der Waals surface area contributed by atoms with Crippen molar-refractivity contribution in [3.63, 3.8) is 0 Å². The van der Waals surface area contributed by atoms with Crippen LogP contribution in [0.2, 0.25) is 0 Å². The van der Waals surface area contributed by atoms with Gasteiger partial charge >= 0.3 is 6.18 Å². The van der Waals surface area contributed by atoms with Crippen LogP contribution in [0, 0.1) is 0 Å². The second kappa shape index (κ2) is 6.26. The highest BCUT2D eigenvalue weighted by molar-refractivity contribution is 7.09. The summed E-state index contributed by atoms with van der Waals surface area (Å²) in [5.74, 6) is -1.04. The number of hydrogen-bond acceptors (Lipinski definition) is 5. The number of hydrogen-bond donors (Lipinski definition) is 1. The van der Waals surface area contributed by atoms with E-state index in [1.807, 2.05) is 11.8 Å². The van der Waals surface area contributed by atoms with Crippen molar-refractivity contribution in [3.05, 3.63) is 5.82 Å². The van der Waals surface area contributed by atoms with Gasteiger partial charge in [-0.1, -0.05) is 6.92 Å². The van der Waals surface area contributed by atoms with Gasteiger partial charge in [-0.25, -0.2) is 0 Å². The van der Waals surface area contributed by atoms with E-state index in [0.29, 0.717) is 11.7 Å². The van der Waals surface area contributed by atoms with Gasteiger partial charge in [0.15, 0.2) is 0 Å². The Morgan fingerprint density at radius 2 is 1.95 bits per heavy atom. The molecule has 2 rings (SSSR count). The first-order chi connectivity index (χ1) is 9.41. The fraction of sp³-hybridized carbons (Fsp3) is 0.833. The summed E-state index contributed by atoms with van der Waals surface area (Å²) in [5.41, 5.74) is 5.88. The van der Waals surface area contributed by atoms with Crippen LogP contribution in [0.25, 0.3) is 0 Å².